The number of ether oxygens (including phenoxy) is 1. The van der Waals surface area contributed by atoms with Crippen molar-refractivity contribution in [2.24, 2.45) is 0 Å². The molecular formula is C16H20N2O. The zero-order chi connectivity index (χ0) is 14.1. The lowest BCUT2D eigenvalue weighted by molar-refractivity contribution is 0.290. The van der Waals surface area contributed by atoms with Gasteiger partial charge in [-0.05, 0) is 24.6 Å². The molecule has 0 aliphatic carbocycles. The lowest BCUT2D eigenvalue weighted by Crippen LogP contribution is -2.28. The first-order valence-corrected chi connectivity index (χ1v) is 6.35. The predicted octanol–water partition coefficient (Wildman–Crippen LogP) is 3.32. The number of rotatable bonds is 8. The molecule has 0 saturated carbocycles. The molecule has 3 nitrogen and oxygen atoms in total. The minimum Gasteiger partial charge on any atom is -0.494 e. The van der Waals surface area contributed by atoms with Gasteiger partial charge in [0.1, 0.15) is 11.8 Å². The summed E-state index contributed by atoms with van der Waals surface area (Å²) in [6.07, 6.45) is 3.59. The van der Waals surface area contributed by atoms with Gasteiger partial charge in [-0.3, -0.25) is 4.90 Å². The number of hydrogen-bond donors (Lipinski definition) is 0. The van der Waals surface area contributed by atoms with Gasteiger partial charge in [0, 0.05) is 13.1 Å². The van der Waals surface area contributed by atoms with Crippen LogP contribution in [0.25, 0.3) is 0 Å². The van der Waals surface area contributed by atoms with Gasteiger partial charge in [-0.2, -0.15) is 5.26 Å². The lowest BCUT2D eigenvalue weighted by atomic mass is 10.1. The van der Waals surface area contributed by atoms with Gasteiger partial charge < -0.3 is 4.74 Å². The van der Waals surface area contributed by atoms with E-state index in [1.54, 1.807) is 12.2 Å². The van der Waals surface area contributed by atoms with Gasteiger partial charge in [0.05, 0.1) is 12.7 Å². The largest absolute Gasteiger partial charge is 0.494 e. The Labute approximate surface area is 115 Å². The third kappa shape index (κ3) is 4.27. The fourth-order valence-electron chi connectivity index (χ4n) is 1.90. The van der Waals surface area contributed by atoms with Crippen molar-refractivity contribution in [3.63, 3.8) is 0 Å². The molecule has 0 amide bonds. The Morgan fingerprint density at radius 2 is 1.84 bits per heavy atom. The molecular weight excluding hydrogens is 236 g/mol. The van der Waals surface area contributed by atoms with E-state index in [0.717, 1.165) is 11.3 Å². The van der Waals surface area contributed by atoms with Gasteiger partial charge in [-0.25, -0.2) is 0 Å². The molecule has 0 fully saturated rings. The highest BCUT2D eigenvalue weighted by atomic mass is 16.5. The highest BCUT2D eigenvalue weighted by molar-refractivity contribution is 5.32. The summed E-state index contributed by atoms with van der Waals surface area (Å²) in [5, 5.41) is 9.38. The summed E-state index contributed by atoms with van der Waals surface area (Å²) in [6, 6.07) is 9.67. The Bertz CT molecular complexity index is 435. The van der Waals surface area contributed by atoms with Crippen LogP contribution in [0, 0.1) is 11.3 Å². The van der Waals surface area contributed by atoms with E-state index in [4.69, 9.17) is 4.74 Å². The Morgan fingerprint density at radius 1 is 1.26 bits per heavy atom. The van der Waals surface area contributed by atoms with Crippen LogP contribution in [-0.4, -0.2) is 24.6 Å². The van der Waals surface area contributed by atoms with Crippen molar-refractivity contribution in [3.8, 4) is 11.8 Å². The average Bonchev–Trinajstić information content (AvgIpc) is 2.42. The molecule has 0 aromatic heterocycles. The van der Waals surface area contributed by atoms with Crippen molar-refractivity contribution in [2.75, 3.05) is 19.7 Å². The molecule has 0 N–H and O–H groups in total. The van der Waals surface area contributed by atoms with Crippen molar-refractivity contribution >= 4 is 0 Å². The van der Waals surface area contributed by atoms with Crippen molar-refractivity contribution in [3.05, 3.63) is 55.1 Å². The SMILES string of the molecule is C=CCN(CC=C)C(C#N)c1ccc(OCC)cc1. The molecule has 1 aromatic carbocycles. The molecule has 0 aliphatic heterocycles. The fourth-order valence-corrected chi connectivity index (χ4v) is 1.90. The monoisotopic (exact) mass is 256 g/mol. The second-order valence-electron chi connectivity index (χ2n) is 4.06. The number of benzene rings is 1. The van der Waals surface area contributed by atoms with E-state index in [9.17, 15) is 5.26 Å². The molecule has 19 heavy (non-hydrogen) atoms. The molecule has 0 bridgehead atoms. The fraction of sp³-hybridized carbons (Fsp3) is 0.312. The maximum absolute atomic E-state index is 9.38. The van der Waals surface area contributed by atoms with E-state index in [0.29, 0.717) is 19.7 Å². The van der Waals surface area contributed by atoms with E-state index in [-0.39, 0.29) is 6.04 Å². The third-order valence-electron chi connectivity index (χ3n) is 2.72. The normalized spacial score (nSPS) is 11.6. The van der Waals surface area contributed by atoms with Gasteiger partial charge in [-0.1, -0.05) is 24.3 Å². The van der Waals surface area contributed by atoms with Crippen LogP contribution in [0.3, 0.4) is 0 Å². The van der Waals surface area contributed by atoms with Crippen LogP contribution >= 0.6 is 0 Å². The summed E-state index contributed by atoms with van der Waals surface area (Å²) in [6.45, 7) is 11.3. The lowest BCUT2D eigenvalue weighted by Gasteiger charge is -2.24. The molecule has 0 saturated heterocycles. The van der Waals surface area contributed by atoms with Gasteiger partial charge in [0.2, 0.25) is 0 Å². The van der Waals surface area contributed by atoms with Crippen molar-refractivity contribution in [2.45, 2.75) is 13.0 Å². The number of hydrogen-bond acceptors (Lipinski definition) is 3. The Hall–Kier alpha value is -2.05. The summed E-state index contributed by atoms with van der Waals surface area (Å²) in [5.41, 5.74) is 0.953. The Morgan fingerprint density at radius 3 is 2.26 bits per heavy atom. The highest BCUT2D eigenvalue weighted by Crippen LogP contribution is 2.22. The van der Waals surface area contributed by atoms with E-state index in [1.165, 1.54) is 0 Å². The van der Waals surface area contributed by atoms with Crippen LogP contribution in [0.5, 0.6) is 5.75 Å². The second-order valence-corrected chi connectivity index (χ2v) is 4.06. The molecule has 100 valence electrons. The number of nitrogens with zero attached hydrogens (tertiary/aromatic N) is 2. The van der Waals surface area contributed by atoms with Crippen molar-refractivity contribution in [1.29, 1.82) is 5.26 Å². The van der Waals surface area contributed by atoms with E-state index in [2.05, 4.69) is 19.2 Å². The van der Waals surface area contributed by atoms with Crippen LogP contribution in [0.1, 0.15) is 18.5 Å². The second kappa shape index (κ2) is 8.12. The molecule has 1 aromatic rings. The maximum atomic E-state index is 9.38. The molecule has 0 radical (unpaired) electrons. The molecule has 1 unspecified atom stereocenters. The van der Waals surface area contributed by atoms with Gasteiger partial charge in [0.25, 0.3) is 0 Å². The highest BCUT2D eigenvalue weighted by Gasteiger charge is 2.17. The van der Waals surface area contributed by atoms with E-state index < -0.39 is 0 Å². The molecule has 1 atom stereocenters. The minimum atomic E-state index is -0.299. The average molecular weight is 256 g/mol. The maximum Gasteiger partial charge on any atom is 0.124 e. The zero-order valence-electron chi connectivity index (χ0n) is 11.4. The van der Waals surface area contributed by atoms with E-state index >= 15 is 0 Å². The molecule has 0 spiro atoms. The Kier molecular flexibility index (Phi) is 6.42. The first-order chi connectivity index (χ1) is 9.26. The summed E-state index contributed by atoms with van der Waals surface area (Å²) in [5.74, 6) is 0.821. The van der Waals surface area contributed by atoms with Crippen LogP contribution in [-0.2, 0) is 0 Å². The Balaban J connectivity index is 2.91. The van der Waals surface area contributed by atoms with Crippen molar-refractivity contribution < 1.29 is 4.74 Å². The molecule has 3 heteroatoms. The zero-order valence-corrected chi connectivity index (χ0v) is 11.4. The molecule has 0 heterocycles. The molecule has 0 aliphatic rings. The van der Waals surface area contributed by atoms with Crippen LogP contribution in [0.4, 0.5) is 0 Å². The van der Waals surface area contributed by atoms with Crippen molar-refractivity contribution in [1.82, 2.24) is 4.90 Å². The van der Waals surface area contributed by atoms with Gasteiger partial charge in [0.15, 0.2) is 0 Å². The van der Waals surface area contributed by atoms with E-state index in [1.807, 2.05) is 36.1 Å². The standard InChI is InChI=1S/C16H20N2O/c1-4-11-18(12-5-2)16(13-17)14-7-9-15(10-8-14)19-6-3/h4-5,7-10,16H,1-2,6,11-12H2,3H3. The topological polar surface area (TPSA) is 36.3 Å². The third-order valence-corrected chi connectivity index (χ3v) is 2.72. The van der Waals surface area contributed by atoms with Crippen LogP contribution in [0.2, 0.25) is 0 Å². The summed E-state index contributed by atoms with van der Waals surface area (Å²) < 4.78 is 5.40. The summed E-state index contributed by atoms with van der Waals surface area (Å²) >= 11 is 0. The van der Waals surface area contributed by atoms with Gasteiger partial charge >= 0.3 is 0 Å². The number of nitriles is 1. The minimum absolute atomic E-state index is 0.299. The summed E-state index contributed by atoms with van der Waals surface area (Å²) in [4.78, 5) is 2.01. The first kappa shape index (κ1) is 15.0. The smallest absolute Gasteiger partial charge is 0.124 e. The summed E-state index contributed by atoms with van der Waals surface area (Å²) in [7, 11) is 0. The van der Waals surface area contributed by atoms with Crippen LogP contribution < -0.4 is 4.74 Å². The van der Waals surface area contributed by atoms with Crippen LogP contribution in [0.15, 0.2) is 49.6 Å². The van der Waals surface area contributed by atoms with Gasteiger partial charge in [-0.15, -0.1) is 13.2 Å². The molecule has 1 rings (SSSR count). The quantitative estimate of drug-likeness (QED) is 0.669. The first-order valence-electron chi connectivity index (χ1n) is 6.35. The predicted molar refractivity (Wildman–Crippen MR) is 77.9 cm³/mol.